The molecule has 0 aliphatic rings. The van der Waals surface area contributed by atoms with Gasteiger partial charge in [0.05, 0.1) is 5.69 Å². The van der Waals surface area contributed by atoms with Crippen LogP contribution in [-0.4, -0.2) is 9.97 Å². The number of H-pyrrole nitrogens is 1. The monoisotopic (exact) mass is 245 g/mol. The smallest absolute Gasteiger partial charge is 0.251 e. The SMILES string of the molecule is Cc1ccccc1OCc1nc(CN)cc(=O)[nH]1. The van der Waals surface area contributed by atoms with Crippen LogP contribution >= 0.6 is 0 Å². The van der Waals surface area contributed by atoms with E-state index in [1.165, 1.54) is 6.07 Å². The number of nitrogens with one attached hydrogen (secondary N) is 1. The maximum atomic E-state index is 11.3. The molecule has 0 fully saturated rings. The summed E-state index contributed by atoms with van der Waals surface area (Å²) in [6.07, 6.45) is 0. The van der Waals surface area contributed by atoms with E-state index in [-0.39, 0.29) is 18.7 Å². The van der Waals surface area contributed by atoms with E-state index in [1.807, 2.05) is 31.2 Å². The van der Waals surface area contributed by atoms with Crippen LogP contribution in [0.3, 0.4) is 0 Å². The van der Waals surface area contributed by atoms with Crippen molar-refractivity contribution in [3.63, 3.8) is 0 Å². The van der Waals surface area contributed by atoms with E-state index in [4.69, 9.17) is 10.5 Å². The molecular weight excluding hydrogens is 230 g/mol. The Hall–Kier alpha value is -2.14. The lowest BCUT2D eigenvalue weighted by Gasteiger charge is -2.08. The molecule has 0 aliphatic carbocycles. The summed E-state index contributed by atoms with van der Waals surface area (Å²) in [5.74, 6) is 1.25. The fourth-order valence-electron chi connectivity index (χ4n) is 1.60. The van der Waals surface area contributed by atoms with Crippen molar-refractivity contribution in [2.24, 2.45) is 5.73 Å². The molecule has 2 rings (SSSR count). The Morgan fingerprint density at radius 2 is 2.17 bits per heavy atom. The molecule has 1 heterocycles. The third kappa shape index (κ3) is 2.95. The van der Waals surface area contributed by atoms with Crippen LogP contribution in [0.4, 0.5) is 0 Å². The summed E-state index contributed by atoms with van der Waals surface area (Å²) in [5.41, 5.74) is 6.84. The molecule has 3 N–H and O–H groups in total. The highest BCUT2D eigenvalue weighted by atomic mass is 16.5. The molecule has 0 spiro atoms. The van der Waals surface area contributed by atoms with E-state index in [0.29, 0.717) is 11.5 Å². The van der Waals surface area contributed by atoms with E-state index in [2.05, 4.69) is 9.97 Å². The first-order valence-electron chi connectivity index (χ1n) is 5.66. The average molecular weight is 245 g/mol. The zero-order valence-corrected chi connectivity index (χ0v) is 10.1. The lowest BCUT2D eigenvalue weighted by atomic mass is 10.2. The molecule has 0 unspecified atom stereocenters. The van der Waals surface area contributed by atoms with Crippen LogP contribution in [0.25, 0.3) is 0 Å². The maximum Gasteiger partial charge on any atom is 0.251 e. The minimum Gasteiger partial charge on any atom is -0.485 e. The highest BCUT2D eigenvalue weighted by Gasteiger charge is 2.03. The predicted octanol–water partition coefficient (Wildman–Crippen LogP) is 1.12. The van der Waals surface area contributed by atoms with Crippen molar-refractivity contribution in [2.45, 2.75) is 20.1 Å². The standard InChI is InChI=1S/C13H15N3O2/c1-9-4-2-3-5-11(9)18-8-12-15-10(7-14)6-13(17)16-12/h2-6H,7-8,14H2,1H3,(H,15,16,17). The van der Waals surface area contributed by atoms with E-state index in [0.717, 1.165) is 11.3 Å². The highest BCUT2D eigenvalue weighted by molar-refractivity contribution is 5.31. The number of ether oxygens (including phenoxy) is 1. The van der Waals surface area contributed by atoms with Crippen molar-refractivity contribution < 1.29 is 4.74 Å². The van der Waals surface area contributed by atoms with Gasteiger partial charge >= 0.3 is 0 Å². The minimum absolute atomic E-state index is 0.214. The van der Waals surface area contributed by atoms with Gasteiger partial charge in [0.25, 0.3) is 5.56 Å². The molecule has 0 radical (unpaired) electrons. The van der Waals surface area contributed by atoms with Crippen LogP contribution in [0.2, 0.25) is 0 Å². The van der Waals surface area contributed by atoms with Crippen molar-refractivity contribution >= 4 is 0 Å². The van der Waals surface area contributed by atoms with Crippen molar-refractivity contribution in [2.75, 3.05) is 0 Å². The van der Waals surface area contributed by atoms with Gasteiger partial charge in [-0.05, 0) is 18.6 Å². The Kier molecular flexibility index (Phi) is 3.74. The van der Waals surface area contributed by atoms with Gasteiger partial charge in [-0.15, -0.1) is 0 Å². The molecule has 94 valence electrons. The molecule has 0 atom stereocenters. The molecular formula is C13H15N3O2. The molecule has 0 saturated carbocycles. The first-order valence-corrected chi connectivity index (χ1v) is 5.66. The van der Waals surface area contributed by atoms with Gasteiger partial charge in [-0.1, -0.05) is 18.2 Å². The maximum absolute atomic E-state index is 11.3. The Balaban J connectivity index is 2.13. The second-order valence-corrected chi connectivity index (χ2v) is 3.94. The van der Waals surface area contributed by atoms with Crippen molar-refractivity contribution in [1.82, 2.24) is 9.97 Å². The quantitative estimate of drug-likeness (QED) is 0.845. The first kappa shape index (κ1) is 12.3. The number of aromatic nitrogens is 2. The zero-order chi connectivity index (χ0) is 13.0. The number of aromatic amines is 1. The van der Waals surface area contributed by atoms with E-state index in [9.17, 15) is 4.79 Å². The number of aryl methyl sites for hydroxylation is 1. The van der Waals surface area contributed by atoms with Crippen molar-refractivity contribution in [3.8, 4) is 5.75 Å². The Morgan fingerprint density at radius 3 is 2.89 bits per heavy atom. The number of nitrogens with two attached hydrogens (primary N) is 1. The number of rotatable bonds is 4. The minimum atomic E-state index is -0.214. The fourth-order valence-corrected chi connectivity index (χ4v) is 1.60. The molecule has 1 aromatic heterocycles. The van der Waals surface area contributed by atoms with Gasteiger partial charge in [0, 0.05) is 12.6 Å². The lowest BCUT2D eigenvalue weighted by molar-refractivity contribution is 0.293. The molecule has 0 saturated heterocycles. The molecule has 5 nitrogen and oxygen atoms in total. The van der Waals surface area contributed by atoms with Gasteiger partial charge in [-0.2, -0.15) is 0 Å². The van der Waals surface area contributed by atoms with Gasteiger partial charge in [0.2, 0.25) is 0 Å². The molecule has 18 heavy (non-hydrogen) atoms. The number of hydrogen-bond donors (Lipinski definition) is 2. The van der Waals surface area contributed by atoms with Crippen molar-refractivity contribution in [1.29, 1.82) is 0 Å². The van der Waals surface area contributed by atoms with Crippen LogP contribution in [-0.2, 0) is 13.2 Å². The third-order valence-electron chi connectivity index (χ3n) is 2.51. The third-order valence-corrected chi connectivity index (χ3v) is 2.51. The molecule has 0 bridgehead atoms. The summed E-state index contributed by atoms with van der Waals surface area (Å²) in [5, 5.41) is 0. The van der Waals surface area contributed by atoms with Gasteiger partial charge in [0.15, 0.2) is 0 Å². The molecule has 5 heteroatoms. The van der Waals surface area contributed by atoms with Gasteiger partial charge in [-0.25, -0.2) is 4.98 Å². The summed E-state index contributed by atoms with van der Waals surface area (Å²) in [6.45, 7) is 2.41. The summed E-state index contributed by atoms with van der Waals surface area (Å²) in [4.78, 5) is 18.2. The van der Waals surface area contributed by atoms with Crippen molar-refractivity contribution in [3.05, 3.63) is 57.8 Å². The fraction of sp³-hybridized carbons (Fsp3) is 0.231. The highest BCUT2D eigenvalue weighted by Crippen LogP contribution is 2.16. The number of hydrogen-bond acceptors (Lipinski definition) is 4. The summed E-state index contributed by atoms with van der Waals surface area (Å²) >= 11 is 0. The number of benzene rings is 1. The first-order chi connectivity index (χ1) is 8.69. The largest absolute Gasteiger partial charge is 0.485 e. The van der Waals surface area contributed by atoms with Crippen LogP contribution in [0.5, 0.6) is 5.75 Å². The van der Waals surface area contributed by atoms with E-state index >= 15 is 0 Å². The normalized spacial score (nSPS) is 10.3. The van der Waals surface area contributed by atoms with Gasteiger partial charge < -0.3 is 15.5 Å². The second-order valence-electron chi connectivity index (χ2n) is 3.94. The van der Waals surface area contributed by atoms with E-state index in [1.54, 1.807) is 0 Å². The molecule has 1 aromatic carbocycles. The molecule has 2 aromatic rings. The van der Waals surface area contributed by atoms with Gasteiger partial charge in [0.1, 0.15) is 18.2 Å². The second kappa shape index (κ2) is 5.46. The molecule has 0 aliphatic heterocycles. The Labute approximate surface area is 105 Å². The Bertz CT molecular complexity index is 593. The number of nitrogens with zero attached hydrogens (tertiary/aromatic N) is 1. The molecule has 0 amide bonds. The van der Waals surface area contributed by atoms with Crippen LogP contribution in [0.1, 0.15) is 17.1 Å². The lowest BCUT2D eigenvalue weighted by Crippen LogP contribution is -2.16. The summed E-state index contributed by atoms with van der Waals surface area (Å²) in [6, 6.07) is 9.06. The zero-order valence-electron chi connectivity index (χ0n) is 10.1. The Morgan fingerprint density at radius 1 is 1.39 bits per heavy atom. The topological polar surface area (TPSA) is 81.0 Å². The number of para-hydroxylation sites is 1. The van der Waals surface area contributed by atoms with E-state index < -0.39 is 0 Å². The summed E-state index contributed by atoms with van der Waals surface area (Å²) in [7, 11) is 0. The average Bonchev–Trinajstić information content (AvgIpc) is 2.37. The van der Waals surface area contributed by atoms with Crippen LogP contribution in [0, 0.1) is 6.92 Å². The predicted molar refractivity (Wildman–Crippen MR) is 68.3 cm³/mol. The van der Waals surface area contributed by atoms with Gasteiger partial charge in [-0.3, -0.25) is 4.79 Å². The van der Waals surface area contributed by atoms with Crippen LogP contribution < -0.4 is 16.0 Å². The van der Waals surface area contributed by atoms with Crippen LogP contribution in [0.15, 0.2) is 35.1 Å². The summed E-state index contributed by atoms with van der Waals surface area (Å²) < 4.78 is 5.60.